The maximum atomic E-state index is 10.5. The van der Waals surface area contributed by atoms with Crippen LogP contribution in [-0.2, 0) is 0 Å². The highest BCUT2D eigenvalue weighted by atomic mass is 79.9. The number of benzene rings is 1. The predicted octanol–water partition coefficient (Wildman–Crippen LogP) is 1.85. The van der Waals surface area contributed by atoms with Gasteiger partial charge in [0.2, 0.25) is 0 Å². The summed E-state index contributed by atoms with van der Waals surface area (Å²) in [6, 6.07) is 5.50. The summed E-state index contributed by atoms with van der Waals surface area (Å²) in [6.07, 6.45) is 2.19. The average molecular weight is 282 g/mol. The zero-order chi connectivity index (χ0) is 11.5. The second-order valence-electron chi connectivity index (χ2n) is 3.02. The smallest absolute Gasteiger partial charge is 0.171 e. The number of carbonyl (C=O) groups excluding carboxylic acids is 1. The Morgan fingerprint density at radius 1 is 1.50 bits per heavy atom. The summed E-state index contributed by atoms with van der Waals surface area (Å²) in [7, 11) is 1.57. The lowest BCUT2D eigenvalue weighted by molar-refractivity contribution is 0.111. The Balaban J connectivity index is 2.50. The van der Waals surface area contributed by atoms with Gasteiger partial charge in [-0.3, -0.25) is 4.79 Å². The highest BCUT2D eigenvalue weighted by Crippen LogP contribution is 2.26. The van der Waals surface area contributed by atoms with Crippen molar-refractivity contribution in [3.05, 3.63) is 34.6 Å². The van der Waals surface area contributed by atoms with Gasteiger partial charge in [-0.2, -0.15) is 0 Å². The van der Waals surface area contributed by atoms with Gasteiger partial charge in [-0.25, -0.2) is 4.68 Å². The normalized spacial score (nSPS) is 10.1. The van der Waals surface area contributed by atoms with Gasteiger partial charge in [-0.05, 0) is 18.2 Å². The second-order valence-corrected chi connectivity index (χ2v) is 3.94. The van der Waals surface area contributed by atoms with Crippen LogP contribution in [0.4, 0.5) is 0 Å². The molecule has 0 unspecified atom stereocenters. The van der Waals surface area contributed by atoms with Crippen LogP contribution in [0.15, 0.2) is 28.9 Å². The van der Waals surface area contributed by atoms with Crippen molar-refractivity contribution in [2.75, 3.05) is 7.11 Å². The summed E-state index contributed by atoms with van der Waals surface area (Å²) in [5.41, 5.74) is 1.01. The first-order valence-electron chi connectivity index (χ1n) is 4.46. The summed E-state index contributed by atoms with van der Waals surface area (Å²) in [5.74, 6) is 0.650. The Labute approximate surface area is 100 Å². The number of carbonyl (C=O) groups is 1. The largest absolute Gasteiger partial charge is 0.494 e. The molecule has 82 valence electrons. The quantitative estimate of drug-likeness (QED) is 0.806. The average Bonchev–Trinajstić information content (AvgIpc) is 2.77. The Kier molecular flexibility index (Phi) is 3.00. The molecule has 0 radical (unpaired) electrons. The lowest BCUT2D eigenvalue weighted by atomic mass is 10.3. The Morgan fingerprint density at radius 3 is 2.94 bits per heavy atom. The van der Waals surface area contributed by atoms with Gasteiger partial charge in [-0.15, -0.1) is 5.10 Å². The van der Waals surface area contributed by atoms with E-state index >= 15 is 0 Å². The van der Waals surface area contributed by atoms with Gasteiger partial charge in [0.25, 0.3) is 0 Å². The van der Waals surface area contributed by atoms with Crippen LogP contribution >= 0.6 is 15.9 Å². The third kappa shape index (κ3) is 1.96. The van der Waals surface area contributed by atoms with Gasteiger partial charge in [-0.1, -0.05) is 21.1 Å². The second kappa shape index (κ2) is 4.44. The van der Waals surface area contributed by atoms with E-state index in [1.165, 1.54) is 4.68 Å². The molecule has 5 nitrogen and oxygen atoms in total. The molecule has 2 aromatic rings. The summed E-state index contributed by atoms with van der Waals surface area (Å²) < 4.78 is 7.62. The number of rotatable bonds is 3. The van der Waals surface area contributed by atoms with Crippen molar-refractivity contribution >= 4 is 22.2 Å². The summed E-state index contributed by atoms with van der Waals surface area (Å²) in [6.45, 7) is 0. The van der Waals surface area contributed by atoms with Gasteiger partial charge < -0.3 is 4.74 Å². The van der Waals surface area contributed by atoms with Gasteiger partial charge in [0.15, 0.2) is 6.29 Å². The molecule has 0 N–H and O–H groups in total. The zero-order valence-corrected chi connectivity index (χ0v) is 10.0. The molecule has 16 heavy (non-hydrogen) atoms. The summed E-state index contributed by atoms with van der Waals surface area (Å²) in [4.78, 5) is 10.5. The van der Waals surface area contributed by atoms with Crippen LogP contribution in [0.2, 0.25) is 0 Å². The molecule has 0 aliphatic heterocycles. The van der Waals surface area contributed by atoms with Gasteiger partial charge in [0.05, 0.1) is 13.3 Å². The maximum Gasteiger partial charge on any atom is 0.171 e. The molecule has 6 heteroatoms. The summed E-state index contributed by atoms with van der Waals surface area (Å²) >= 11 is 3.35. The third-order valence-corrected chi connectivity index (χ3v) is 2.51. The van der Waals surface area contributed by atoms with Crippen molar-refractivity contribution in [1.82, 2.24) is 15.0 Å². The fourth-order valence-corrected chi connectivity index (χ4v) is 1.63. The Hall–Kier alpha value is -1.69. The minimum absolute atomic E-state index is 0.282. The van der Waals surface area contributed by atoms with Crippen LogP contribution in [0, 0.1) is 0 Å². The standard InChI is InChI=1S/C10H8BrN3O2/c1-16-10-4-7(11)2-3-9(10)14-5-8(6-15)12-13-14/h2-6H,1H3. The Bertz CT molecular complexity index is 525. The molecule has 0 spiro atoms. The highest BCUT2D eigenvalue weighted by Gasteiger charge is 2.08. The van der Waals surface area contributed by atoms with Crippen LogP contribution in [-0.4, -0.2) is 28.4 Å². The molecule has 0 aliphatic rings. The molecule has 1 aromatic heterocycles. The molecule has 1 aromatic carbocycles. The van der Waals surface area contributed by atoms with Crippen molar-refractivity contribution in [2.45, 2.75) is 0 Å². The Morgan fingerprint density at radius 2 is 2.31 bits per heavy atom. The highest BCUT2D eigenvalue weighted by molar-refractivity contribution is 9.10. The first-order chi connectivity index (χ1) is 7.74. The molecule has 0 fully saturated rings. The van der Waals surface area contributed by atoms with E-state index < -0.39 is 0 Å². The van der Waals surface area contributed by atoms with Crippen LogP contribution in [0.3, 0.4) is 0 Å². The van der Waals surface area contributed by atoms with E-state index in [4.69, 9.17) is 4.74 Å². The van der Waals surface area contributed by atoms with Gasteiger partial charge in [0.1, 0.15) is 17.1 Å². The van der Waals surface area contributed by atoms with E-state index in [1.54, 1.807) is 13.3 Å². The van der Waals surface area contributed by atoms with Crippen molar-refractivity contribution in [2.24, 2.45) is 0 Å². The lowest BCUT2D eigenvalue weighted by Crippen LogP contribution is -1.98. The van der Waals surface area contributed by atoms with Gasteiger partial charge in [0, 0.05) is 4.47 Å². The van der Waals surface area contributed by atoms with Crippen LogP contribution in [0.1, 0.15) is 10.5 Å². The molecular formula is C10H8BrN3O2. The molecule has 0 saturated heterocycles. The lowest BCUT2D eigenvalue weighted by Gasteiger charge is -2.07. The maximum absolute atomic E-state index is 10.5. The van der Waals surface area contributed by atoms with Crippen LogP contribution in [0.5, 0.6) is 5.75 Å². The molecule has 0 saturated carbocycles. The number of aromatic nitrogens is 3. The number of halogens is 1. The van der Waals surface area contributed by atoms with Crippen molar-refractivity contribution in [1.29, 1.82) is 0 Å². The minimum Gasteiger partial charge on any atom is -0.494 e. The monoisotopic (exact) mass is 281 g/mol. The minimum atomic E-state index is 0.282. The number of aldehydes is 1. The molecule has 0 aliphatic carbocycles. The fourth-order valence-electron chi connectivity index (χ4n) is 1.29. The number of methoxy groups -OCH3 is 1. The van der Waals surface area contributed by atoms with E-state index in [0.29, 0.717) is 12.0 Å². The van der Waals surface area contributed by atoms with Crippen LogP contribution < -0.4 is 4.74 Å². The van der Waals surface area contributed by atoms with E-state index in [-0.39, 0.29) is 5.69 Å². The third-order valence-electron chi connectivity index (χ3n) is 2.02. The van der Waals surface area contributed by atoms with Crippen molar-refractivity contribution < 1.29 is 9.53 Å². The number of hydrogen-bond acceptors (Lipinski definition) is 4. The molecule has 0 atom stereocenters. The summed E-state index contributed by atoms with van der Waals surface area (Å²) in [5, 5.41) is 7.52. The van der Waals surface area contributed by atoms with E-state index in [2.05, 4.69) is 26.2 Å². The molecule has 1 heterocycles. The first-order valence-corrected chi connectivity index (χ1v) is 5.25. The SMILES string of the molecule is COc1cc(Br)ccc1-n1cc(C=O)nn1. The number of nitrogens with zero attached hydrogens (tertiary/aromatic N) is 3. The van der Waals surface area contributed by atoms with Crippen LogP contribution in [0.25, 0.3) is 5.69 Å². The topological polar surface area (TPSA) is 57.0 Å². The van der Waals surface area contributed by atoms with Gasteiger partial charge >= 0.3 is 0 Å². The molecular weight excluding hydrogens is 274 g/mol. The van der Waals surface area contributed by atoms with E-state index in [0.717, 1.165) is 10.2 Å². The van der Waals surface area contributed by atoms with E-state index in [9.17, 15) is 4.79 Å². The van der Waals surface area contributed by atoms with Crippen molar-refractivity contribution in [3.8, 4) is 11.4 Å². The zero-order valence-electron chi connectivity index (χ0n) is 8.42. The fraction of sp³-hybridized carbons (Fsp3) is 0.100. The molecule has 0 bridgehead atoms. The van der Waals surface area contributed by atoms with Crippen molar-refractivity contribution in [3.63, 3.8) is 0 Å². The number of ether oxygens (including phenoxy) is 1. The number of hydrogen-bond donors (Lipinski definition) is 0. The predicted molar refractivity (Wildman–Crippen MR) is 61.0 cm³/mol. The first kappa shape index (κ1) is 10.8. The molecule has 2 rings (SSSR count). The van der Waals surface area contributed by atoms with E-state index in [1.807, 2.05) is 18.2 Å². The molecule has 0 amide bonds.